The lowest BCUT2D eigenvalue weighted by Gasteiger charge is -2.16. The molecular formula is C10H7F6NO2. The second kappa shape index (κ2) is 4.98. The smallest absolute Gasteiger partial charge is 0.418 e. The Balaban J connectivity index is 3.22. The molecule has 0 saturated heterocycles. The van der Waals surface area contributed by atoms with Gasteiger partial charge in [-0.05, 0) is 18.2 Å². The summed E-state index contributed by atoms with van der Waals surface area (Å²) in [6, 6.07) is 0.929. The third-order valence-corrected chi connectivity index (χ3v) is 2.08. The summed E-state index contributed by atoms with van der Waals surface area (Å²) in [7, 11) is 0. The van der Waals surface area contributed by atoms with Gasteiger partial charge in [0.1, 0.15) is 6.54 Å². The fourth-order valence-corrected chi connectivity index (χ4v) is 1.28. The van der Waals surface area contributed by atoms with Crippen LogP contribution in [0.4, 0.5) is 32.0 Å². The highest BCUT2D eigenvalue weighted by Crippen LogP contribution is 2.39. The Bertz CT molecular complexity index is 480. The van der Waals surface area contributed by atoms with Crippen LogP contribution >= 0.6 is 0 Å². The number of halogens is 6. The highest BCUT2D eigenvalue weighted by atomic mass is 19.4. The van der Waals surface area contributed by atoms with E-state index in [2.05, 4.69) is 0 Å². The molecular weight excluding hydrogens is 280 g/mol. The Kier molecular flexibility index (Phi) is 3.97. The first kappa shape index (κ1) is 15.1. The first-order valence-electron chi connectivity index (χ1n) is 4.76. The Hall–Kier alpha value is -1.93. The quantitative estimate of drug-likeness (QED) is 0.839. The van der Waals surface area contributed by atoms with Crippen molar-refractivity contribution in [1.29, 1.82) is 0 Å². The van der Waals surface area contributed by atoms with Gasteiger partial charge in [0.25, 0.3) is 0 Å². The van der Waals surface area contributed by atoms with Crippen LogP contribution in [0.25, 0.3) is 0 Å². The van der Waals surface area contributed by atoms with E-state index in [1.807, 2.05) is 5.32 Å². The highest BCUT2D eigenvalue weighted by molar-refractivity contribution is 5.73. The van der Waals surface area contributed by atoms with Gasteiger partial charge in [-0.25, -0.2) is 0 Å². The van der Waals surface area contributed by atoms with Crippen molar-refractivity contribution in [2.45, 2.75) is 12.4 Å². The van der Waals surface area contributed by atoms with Crippen LogP contribution in [0.3, 0.4) is 0 Å². The number of anilines is 1. The minimum Gasteiger partial charge on any atom is -0.480 e. The van der Waals surface area contributed by atoms with E-state index in [4.69, 9.17) is 5.11 Å². The van der Waals surface area contributed by atoms with Gasteiger partial charge in [0, 0.05) is 5.69 Å². The summed E-state index contributed by atoms with van der Waals surface area (Å²) in [5.41, 5.74) is -3.74. The second-order valence-corrected chi connectivity index (χ2v) is 3.50. The molecule has 0 radical (unpaired) electrons. The van der Waals surface area contributed by atoms with Crippen molar-refractivity contribution in [3.8, 4) is 0 Å². The molecule has 0 aromatic heterocycles. The van der Waals surface area contributed by atoms with Gasteiger partial charge in [-0.1, -0.05) is 0 Å². The number of rotatable bonds is 3. The van der Waals surface area contributed by atoms with E-state index >= 15 is 0 Å². The van der Waals surface area contributed by atoms with Crippen molar-refractivity contribution < 1.29 is 36.2 Å². The summed E-state index contributed by atoms with van der Waals surface area (Å²) in [4.78, 5) is 10.2. The SMILES string of the molecule is O=C(O)CNc1ccc(C(F)(F)F)cc1C(F)(F)F. The zero-order valence-electron chi connectivity index (χ0n) is 9.06. The van der Waals surface area contributed by atoms with Gasteiger partial charge in [0.2, 0.25) is 0 Å². The molecule has 9 heteroatoms. The van der Waals surface area contributed by atoms with Gasteiger partial charge in [-0.15, -0.1) is 0 Å². The molecule has 0 amide bonds. The fourth-order valence-electron chi connectivity index (χ4n) is 1.28. The molecule has 2 N–H and O–H groups in total. The Morgan fingerprint density at radius 2 is 1.68 bits per heavy atom. The van der Waals surface area contributed by atoms with Crippen molar-refractivity contribution in [2.75, 3.05) is 11.9 Å². The van der Waals surface area contributed by atoms with Gasteiger partial charge in [0.15, 0.2) is 0 Å². The van der Waals surface area contributed by atoms with E-state index in [0.717, 1.165) is 0 Å². The first-order chi connectivity index (χ1) is 8.51. The van der Waals surface area contributed by atoms with Crippen molar-refractivity contribution in [2.24, 2.45) is 0 Å². The van der Waals surface area contributed by atoms with Crippen molar-refractivity contribution in [3.63, 3.8) is 0 Å². The Morgan fingerprint density at radius 1 is 1.11 bits per heavy atom. The lowest BCUT2D eigenvalue weighted by Crippen LogP contribution is -2.18. The van der Waals surface area contributed by atoms with E-state index < -0.39 is 41.7 Å². The summed E-state index contributed by atoms with van der Waals surface area (Å²) >= 11 is 0. The maximum Gasteiger partial charge on any atom is 0.418 e. The molecule has 3 nitrogen and oxygen atoms in total. The third kappa shape index (κ3) is 4.04. The monoisotopic (exact) mass is 287 g/mol. The van der Waals surface area contributed by atoms with Crippen LogP contribution in [0, 0.1) is 0 Å². The molecule has 0 saturated carbocycles. The number of hydrogen-bond donors (Lipinski definition) is 2. The molecule has 1 aromatic rings. The summed E-state index contributed by atoms with van der Waals surface area (Å²) in [5.74, 6) is -1.44. The molecule has 0 aliphatic heterocycles. The van der Waals surface area contributed by atoms with E-state index in [1.165, 1.54) is 0 Å². The topological polar surface area (TPSA) is 49.3 Å². The van der Waals surface area contributed by atoms with Gasteiger partial charge < -0.3 is 10.4 Å². The molecule has 19 heavy (non-hydrogen) atoms. The number of alkyl halides is 6. The molecule has 0 heterocycles. The summed E-state index contributed by atoms with van der Waals surface area (Å²) in [6.45, 7) is -0.839. The first-order valence-corrected chi connectivity index (χ1v) is 4.76. The number of benzene rings is 1. The molecule has 0 unspecified atom stereocenters. The Labute approximate surface area is 102 Å². The van der Waals surface area contributed by atoms with E-state index in [9.17, 15) is 31.1 Å². The lowest BCUT2D eigenvalue weighted by atomic mass is 10.1. The van der Waals surface area contributed by atoms with Gasteiger partial charge >= 0.3 is 18.3 Å². The molecule has 0 bridgehead atoms. The van der Waals surface area contributed by atoms with Crippen LogP contribution < -0.4 is 5.32 Å². The number of hydrogen-bond acceptors (Lipinski definition) is 2. The summed E-state index contributed by atoms with van der Waals surface area (Å²) in [5, 5.41) is 10.2. The normalized spacial score (nSPS) is 12.3. The summed E-state index contributed by atoms with van der Waals surface area (Å²) < 4.78 is 74.7. The lowest BCUT2D eigenvalue weighted by molar-refractivity contribution is -0.143. The largest absolute Gasteiger partial charge is 0.480 e. The predicted molar refractivity (Wildman–Crippen MR) is 52.6 cm³/mol. The molecule has 0 fully saturated rings. The molecule has 1 aromatic carbocycles. The fraction of sp³-hybridized carbons (Fsp3) is 0.300. The second-order valence-electron chi connectivity index (χ2n) is 3.50. The van der Waals surface area contributed by atoms with Crippen LogP contribution in [0.1, 0.15) is 11.1 Å². The molecule has 1 rings (SSSR count). The van der Waals surface area contributed by atoms with E-state index in [-0.39, 0.29) is 6.07 Å². The van der Waals surface area contributed by atoms with E-state index in [1.54, 1.807) is 0 Å². The van der Waals surface area contributed by atoms with E-state index in [0.29, 0.717) is 12.1 Å². The standard InChI is InChI=1S/C10H7F6NO2/c11-9(12,13)5-1-2-7(17-4-8(18)19)6(3-5)10(14,15)16/h1-3,17H,4H2,(H,18,19). The number of aliphatic carboxylic acids is 1. The van der Waals surface area contributed by atoms with Crippen molar-refractivity contribution in [1.82, 2.24) is 0 Å². The maximum atomic E-state index is 12.6. The van der Waals surface area contributed by atoms with Crippen molar-refractivity contribution >= 4 is 11.7 Å². The molecule has 0 spiro atoms. The van der Waals surface area contributed by atoms with Crippen LogP contribution in [-0.2, 0) is 17.1 Å². The minimum absolute atomic E-state index is 0.0653. The van der Waals surface area contributed by atoms with Crippen LogP contribution in [0.2, 0.25) is 0 Å². The van der Waals surface area contributed by atoms with Gasteiger partial charge in [-0.3, -0.25) is 4.79 Å². The Morgan fingerprint density at radius 3 is 2.11 bits per heavy atom. The predicted octanol–water partition coefficient (Wildman–Crippen LogP) is 3.22. The minimum atomic E-state index is -5.03. The highest BCUT2D eigenvalue weighted by Gasteiger charge is 2.38. The average molecular weight is 287 g/mol. The zero-order chi connectivity index (χ0) is 14.8. The van der Waals surface area contributed by atoms with Crippen molar-refractivity contribution in [3.05, 3.63) is 29.3 Å². The van der Waals surface area contributed by atoms with Crippen LogP contribution in [-0.4, -0.2) is 17.6 Å². The number of carboxylic acids is 1. The molecule has 0 atom stereocenters. The number of carboxylic acid groups (broad SMARTS) is 1. The zero-order valence-corrected chi connectivity index (χ0v) is 9.06. The van der Waals surface area contributed by atoms with Gasteiger partial charge in [0.05, 0.1) is 11.1 Å². The van der Waals surface area contributed by atoms with Crippen LogP contribution in [0.15, 0.2) is 18.2 Å². The third-order valence-electron chi connectivity index (χ3n) is 2.08. The maximum absolute atomic E-state index is 12.6. The molecule has 106 valence electrons. The van der Waals surface area contributed by atoms with Gasteiger partial charge in [-0.2, -0.15) is 26.3 Å². The molecule has 0 aliphatic rings. The summed E-state index contributed by atoms with van der Waals surface area (Å²) in [6.07, 6.45) is -9.94. The van der Waals surface area contributed by atoms with Crippen LogP contribution in [0.5, 0.6) is 0 Å². The average Bonchev–Trinajstić information content (AvgIpc) is 2.23. The molecule has 0 aliphatic carbocycles. The number of nitrogens with one attached hydrogen (secondary N) is 1. The number of carbonyl (C=O) groups is 1.